The van der Waals surface area contributed by atoms with E-state index in [1.54, 1.807) is 0 Å². The van der Waals surface area contributed by atoms with Crippen molar-refractivity contribution in [1.29, 1.82) is 0 Å². The molecule has 0 bridgehead atoms. The lowest BCUT2D eigenvalue weighted by Gasteiger charge is -2.18. The van der Waals surface area contributed by atoms with Gasteiger partial charge in [0, 0.05) is 23.1 Å². The van der Waals surface area contributed by atoms with E-state index < -0.39 is 10.0 Å². The first kappa shape index (κ1) is 16.5. The maximum atomic E-state index is 11.6. The second kappa shape index (κ2) is 6.63. The van der Waals surface area contributed by atoms with Crippen molar-refractivity contribution in [3.8, 4) is 0 Å². The van der Waals surface area contributed by atoms with Gasteiger partial charge in [-0.1, -0.05) is 6.07 Å². The Balaban J connectivity index is 1.79. The van der Waals surface area contributed by atoms with Crippen LogP contribution in [0.1, 0.15) is 24.0 Å². The van der Waals surface area contributed by atoms with Crippen molar-refractivity contribution in [3.63, 3.8) is 0 Å². The van der Waals surface area contributed by atoms with Gasteiger partial charge in [0.05, 0.1) is 5.75 Å². The van der Waals surface area contributed by atoms with Crippen LogP contribution < -0.4 is 4.72 Å². The third-order valence-corrected chi connectivity index (χ3v) is 6.29. The molecule has 0 radical (unpaired) electrons. The maximum Gasteiger partial charge on any atom is 0.211 e. The summed E-state index contributed by atoms with van der Waals surface area (Å²) in [4.78, 5) is 5.77. The van der Waals surface area contributed by atoms with Gasteiger partial charge in [-0.25, -0.2) is 13.1 Å². The van der Waals surface area contributed by atoms with Crippen molar-refractivity contribution >= 4 is 20.9 Å². The molecular formula is C17H25N3O2S. The summed E-state index contributed by atoms with van der Waals surface area (Å²) in [6.07, 6.45) is 6.21. The Labute approximate surface area is 138 Å². The summed E-state index contributed by atoms with van der Waals surface area (Å²) in [5.41, 5.74) is 3.52. The van der Waals surface area contributed by atoms with Gasteiger partial charge >= 0.3 is 0 Å². The largest absolute Gasteiger partial charge is 0.361 e. The van der Waals surface area contributed by atoms with E-state index in [1.807, 2.05) is 6.07 Å². The zero-order chi connectivity index (χ0) is 16.4. The van der Waals surface area contributed by atoms with E-state index in [1.165, 1.54) is 37.4 Å². The molecule has 0 spiro atoms. The number of aromatic amines is 1. The average molecular weight is 335 g/mol. The predicted molar refractivity (Wildman–Crippen MR) is 94.2 cm³/mol. The first-order valence-electron chi connectivity index (χ1n) is 8.19. The molecule has 0 amide bonds. The van der Waals surface area contributed by atoms with Gasteiger partial charge < -0.3 is 9.88 Å². The average Bonchev–Trinajstić information content (AvgIpc) is 3.13. The lowest BCUT2D eigenvalue weighted by atomic mass is 10.0. The van der Waals surface area contributed by atoms with Crippen LogP contribution in [-0.2, 0) is 22.9 Å². The molecule has 1 aliphatic heterocycles. The number of rotatable bonds is 6. The zero-order valence-corrected chi connectivity index (χ0v) is 14.6. The predicted octanol–water partition coefficient (Wildman–Crippen LogP) is 1.90. The molecule has 0 aliphatic carbocycles. The lowest BCUT2D eigenvalue weighted by Crippen LogP contribution is -2.26. The highest BCUT2D eigenvalue weighted by molar-refractivity contribution is 7.89. The molecule has 126 valence electrons. The van der Waals surface area contributed by atoms with E-state index in [4.69, 9.17) is 0 Å². The summed E-state index contributed by atoms with van der Waals surface area (Å²) in [6, 6.07) is 6.82. The lowest BCUT2D eigenvalue weighted by molar-refractivity contribution is 0.310. The molecule has 2 aromatic rings. The van der Waals surface area contributed by atoms with E-state index in [0.29, 0.717) is 12.5 Å². The number of likely N-dealkylation sites (N-methyl/N-ethyl adjacent to an activating group) is 1. The molecule has 1 fully saturated rings. The molecule has 1 aromatic heterocycles. The smallest absolute Gasteiger partial charge is 0.211 e. The summed E-state index contributed by atoms with van der Waals surface area (Å²) in [5, 5.41) is 1.23. The van der Waals surface area contributed by atoms with Crippen LogP contribution in [0, 0.1) is 0 Å². The molecule has 2 heterocycles. The van der Waals surface area contributed by atoms with Crippen molar-refractivity contribution in [3.05, 3.63) is 35.5 Å². The minimum Gasteiger partial charge on any atom is -0.361 e. The number of aromatic nitrogens is 1. The molecule has 1 aliphatic rings. The Kier molecular flexibility index (Phi) is 4.75. The number of aryl methyl sites for hydroxylation is 1. The molecule has 1 unspecified atom stereocenters. The second-order valence-electron chi connectivity index (χ2n) is 6.45. The molecule has 1 saturated heterocycles. The van der Waals surface area contributed by atoms with Crippen LogP contribution in [0.2, 0.25) is 0 Å². The number of sulfonamides is 1. The summed E-state index contributed by atoms with van der Waals surface area (Å²) >= 11 is 0. The van der Waals surface area contributed by atoms with Gasteiger partial charge in [0.1, 0.15) is 0 Å². The third-order valence-electron chi connectivity index (χ3n) is 4.93. The number of H-pyrrole nitrogens is 1. The number of nitrogens with zero attached hydrogens (tertiary/aromatic N) is 1. The fourth-order valence-electron chi connectivity index (χ4n) is 3.40. The Bertz CT molecular complexity index is 782. The zero-order valence-electron chi connectivity index (χ0n) is 13.8. The topological polar surface area (TPSA) is 65.2 Å². The van der Waals surface area contributed by atoms with Crippen LogP contribution in [0.4, 0.5) is 0 Å². The Morgan fingerprint density at radius 2 is 2.22 bits per heavy atom. The van der Waals surface area contributed by atoms with E-state index in [0.717, 1.165) is 17.5 Å². The van der Waals surface area contributed by atoms with Gasteiger partial charge in [0.15, 0.2) is 0 Å². The van der Waals surface area contributed by atoms with Gasteiger partial charge in [-0.2, -0.15) is 0 Å². The van der Waals surface area contributed by atoms with Crippen molar-refractivity contribution < 1.29 is 8.42 Å². The monoisotopic (exact) mass is 335 g/mol. The molecule has 1 aromatic carbocycles. The van der Waals surface area contributed by atoms with E-state index in [9.17, 15) is 8.42 Å². The fraction of sp³-hybridized carbons (Fsp3) is 0.529. The molecule has 1 atom stereocenters. The van der Waals surface area contributed by atoms with Crippen LogP contribution >= 0.6 is 0 Å². The van der Waals surface area contributed by atoms with Crippen LogP contribution in [0.25, 0.3) is 10.9 Å². The normalized spacial score (nSPS) is 19.7. The minimum absolute atomic E-state index is 0.125. The number of hydrogen-bond donors (Lipinski definition) is 2. The van der Waals surface area contributed by atoms with E-state index in [2.05, 4.69) is 40.0 Å². The fourth-order valence-corrected chi connectivity index (χ4v) is 4.10. The van der Waals surface area contributed by atoms with Crippen LogP contribution in [0.5, 0.6) is 0 Å². The molecule has 3 rings (SSSR count). The van der Waals surface area contributed by atoms with Gasteiger partial charge in [-0.05, 0) is 69.6 Å². The first-order valence-corrected chi connectivity index (χ1v) is 9.84. The highest BCUT2D eigenvalue weighted by atomic mass is 32.2. The Morgan fingerprint density at radius 1 is 1.39 bits per heavy atom. The maximum absolute atomic E-state index is 11.6. The van der Waals surface area contributed by atoms with Crippen molar-refractivity contribution in [2.45, 2.75) is 31.7 Å². The van der Waals surface area contributed by atoms with Crippen LogP contribution in [0.3, 0.4) is 0 Å². The van der Waals surface area contributed by atoms with Crippen molar-refractivity contribution in [1.82, 2.24) is 14.6 Å². The number of nitrogens with one attached hydrogen (secondary N) is 2. The van der Waals surface area contributed by atoms with Crippen LogP contribution in [0.15, 0.2) is 24.4 Å². The Hall–Kier alpha value is -1.37. The van der Waals surface area contributed by atoms with Gasteiger partial charge in [0.25, 0.3) is 0 Å². The van der Waals surface area contributed by atoms with Gasteiger partial charge in [-0.3, -0.25) is 0 Å². The van der Waals surface area contributed by atoms with E-state index in [-0.39, 0.29) is 5.75 Å². The summed E-state index contributed by atoms with van der Waals surface area (Å²) in [5.74, 6) is 0.125. The highest BCUT2D eigenvalue weighted by Crippen LogP contribution is 2.25. The SMILES string of the molecule is CNS(=O)(=O)CCc1ccc2[nH]cc(CC3CCCN3C)c2c1. The summed E-state index contributed by atoms with van der Waals surface area (Å²) in [7, 11) is 0.496. The summed E-state index contributed by atoms with van der Waals surface area (Å²) in [6.45, 7) is 1.18. The van der Waals surface area contributed by atoms with Crippen LogP contribution in [-0.4, -0.2) is 50.7 Å². The molecule has 6 heteroatoms. The number of fused-ring (bicyclic) bond motifs is 1. The molecular weight excluding hydrogens is 310 g/mol. The first-order chi connectivity index (χ1) is 11.0. The number of benzene rings is 1. The minimum atomic E-state index is -3.16. The Morgan fingerprint density at radius 3 is 2.91 bits per heavy atom. The number of hydrogen-bond acceptors (Lipinski definition) is 3. The van der Waals surface area contributed by atoms with E-state index >= 15 is 0 Å². The standard InChI is InChI=1S/C17H25N3O2S/c1-18-23(21,22)9-7-13-5-6-17-16(10-13)14(12-19-17)11-15-4-3-8-20(15)2/h5-6,10,12,15,18-19H,3-4,7-9,11H2,1-2H3. The van der Waals surface area contributed by atoms with Gasteiger partial charge in [-0.15, -0.1) is 0 Å². The van der Waals surface area contributed by atoms with Crippen molar-refractivity contribution in [2.75, 3.05) is 26.4 Å². The number of likely N-dealkylation sites (tertiary alicyclic amines) is 1. The highest BCUT2D eigenvalue weighted by Gasteiger charge is 2.22. The molecule has 0 saturated carbocycles. The molecule has 23 heavy (non-hydrogen) atoms. The third kappa shape index (κ3) is 3.76. The quantitative estimate of drug-likeness (QED) is 0.847. The molecule has 5 nitrogen and oxygen atoms in total. The van der Waals surface area contributed by atoms with Gasteiger partial charge in [0.2, 0.25) is 10.0 Å². The van der Waals surface area contributed by atoms with Crippen molar-refractivity contribution in [2.24, 2.45) is 0 Å². The summed E-state index contributed by atoms with van der Waals surface area (Å²) < 4.78 is 25.6. The second-order valence-corrected chi connectivity index (χ2v) is 8.49. The molecule has 2 N–H and O–H groups in total.